The van der Waals surface area contributed by atoms with Crippen LogP contribution in [-0.2, 0) is 0 Å². The van der Waals surface area contributed by atoms with Crippen molar-refractivity contribution in [2.45, 2.75) is 78.1 Å². The molecule has 0 unspecified atom stereocenters. The molecule has 0 amide bonds. The van der Waals surface area contributed by atoms with Crippen LogP contribution in [-0.4, -0.2) is 0 Å². The minimum atomic E-state index is 1.29. The van der Waals surface area contributed by atoms with Crippen molar-refractivity contribution in [3.05, 3.63) is 33.9 Å². The maximum absolute atomic E-state index is 2.28. The predicted molar refractivity (Wildman–Crippen MR) is 96.7 cm³/mol. The lowest BCUT2D eigenvalue weighted by atomic mass is 10.1. The standard InChI is InChI=1S/C12H26.C6H5I/c1-3-5-7-9-11-12-10-8-6-4-2;7-6-4-2-1-3-5-6/h3-12H2,1-2H3;1-5H. The highest BCUT2D eigenvalue weighted by atomic mass is 127. The van der Waals surface area contributed by atoms with Gasteiger partial charge in [0.2, 0.25) is 0 Å². The quantitative estimate of drug-likeness (QED) is 0.316. The molecular formula is C18H31I. The molecule has 1 aromatic carbocycles. The first-order chi connectivity index (χ1) is 9.31. The van der Waals surface area contributed by atoms with Crippen molar-refractivity contribution in [2.75, 3.05) is 0 Å². The van der Waals surface area contributed by atoms with Gasteiger partial charge in [0.05, 0.1) is 0 Å². The molecule has 1 aromatic rings. The number of unbranched alkanes of at least 4 members (excludes halogenated alkanes) is 9. The van der Waals surface area contributed by atoms with Crippen LogP contribution < -0.4 is 0 Å². The van der Waals surface area contributed by atoms with Crippen molar-refractivity contribution in [2.24, 2.45) is 0 Å². The van der Waals surface area contributed by atoms with Crippen LogP contribution in [0.2, 0.25) is 0 Å². The van der Waals surface area contributed by atoms with Crippen LogP contribution in [0.3, 0.4) is 0 Å². The van der Waals surface area contributed by atoms with E-state index in [2.05, 4.69) is 48.6 Å². The third-order valence-electron chi connectivity index (χ3n) is 3.19. The number of rotatable bonds is 9. The van der Waals surface area contributed by atoms with Gasteiger partial charge in [-0.1, -0.05) is 96.3 Å². The highest BCUT2D eigenvalue weighted by Gasteiger charge is 1.90. The maximum Gasteiger partial charge on any atom is 0.0130 e. The van der Waals surface area contributed by atoms with E-state index in [1.54, 1.807) is 0 Å². The Hall–Kier alpha value is -0.0500. The minimum absolute atomic E-state index is 1.29. The van der Waals surface area contributed by atoms with Gasteiger partial charge in [-0.05, 0) is 34.7 Å². The first-order valence-electron chi connectivity index (χ1n) is 8.01. The third kappa shape index (κ3) is 15.9. The first kappa shape index (κ1) is 18.9. The maximum atomic E-state index is 2.28. The Morgan fingerprint density at radius 1 is 0.632 bits per heavy atom. The molecule has 0 spiro atoms. The molecule has 0 N–H and O–H groups in total. The van der Waals surface area contributed by atoms with Gasteiger partial charge in [0.25, 0.3) is 0 Å². The summed E-state index contributed by atoms with van der Waals surface area (Å²) in [5.41, 5.74) is 0. The molecule has 0 aliphatic carbocycles. The molecular weight excluding hydrogens is 343 g/mol. The Morgan fingerprint density at radius 3 is 1.26 bits per heavy atom. The Bertz CT molecular complexity index is 246. The second-order valence-corrected chi connectivity index (χ2v) is 6.37. The molecule has 0 atom stereocenters. The topological polar surface area (TPSA) is 0 Å². The van der Waals surface area contributed by atoms with Gasteiger partial charge >= 0.3 is 0 Å². The summed E-state index contributed by atoms with van der Waals surface area (Å²) in [5, 5.41) is 0. The minimum Gasteiger partial charge on any atom is -0.0654 e. The normalized spacial score (nSPS) is 9.84. The zero-order valence-corrected chi connectivity index (χ0v) is 15.0. The molecule has 19 heavy (non-hydrogen) atoms. The molecule has 0 nitrogen and oxygen atoms in total. The highest BCUT2D eigenvalue weighted by molar-refractivity contribution is 14.1. The molecule has 0 heterocycles. The smallest absolute Gasteiger partial charge is 0.0130 e. The average Bonchev–Trinajstić information content (AvgIpc) is 2.43. The van der Waals surface area contributed by atoms with Gasteiger partial charge in [0, 0.05) is 3.57 Å². The van der Waals surface area contributed by atoms with E-state index in [9.17, 15) is 0 Å². The molecule has 0 saturated carbocycles. The lowest BCUT2D eigenvalue weighted by molar-refractivity contribution is 0.562. The SMILES string of the molecule is CCCCCCCCCCCC.Ic1ccccc1. The largest absolute Gasteiger partial charge is 0.0654 e. The van der Waals surface area contributed by atoms with Gasteiger partial charge in [-0.2, -0.15) is 0 Å². The summed E-state index contributed by atoms with van der Waals surface area (Å²) in [6, 6.07) is 10.2. The Kier molecular flexibility index (Phi) is 16.0. The number of hydrogen-bond donors (Lipinski definition) is 0. The summed E-state index contributed by atoms with van der Waals surface area (Å²) in [6.45, 7) is 4.56. The summed E-state index contributed by atoms with van der Waals surface area (Å²) < 4.78 is 1.29. The molecule has 110 valence electrons. The van der Waals surface area contributed by atoms with Crippen LogP contribution in [0.25, 0.3) is 0 Å². The van der Waals surface area contributed by atoms with E-state index in [1.165, 1.54) is 67.8 Å². The van der Waals surface area contributed by atoms with Crippen LogP contribution >= 0.6 is 22.6 Å². The van der Waals surface area contributed by atoms with Gasteiger partial charge in [0.15, 0.2) is 0 Å². The number of halogens is 1. The summed E-state index contributed by atoms with van der Waals surface area (Å²) in [4.78, 5) is 0. The van der Waals surface area contributed by atoms with E-state index in [-0.39, 0.29) is 0 Å². The summed E-state index contributed by atoms with van der Waals surface area (Å²) in [6.07, 6.45) is 14.4. The summed E-state index contributed by atoms with van der Waals surface area (Å²) in [7, 11) is 0. The molecule has 0 aliphatic heterocycles. The number of hydrogen-bond acceptors (Lipinski definition) is 0. The van der Waals surface area contributed by atoms with Crippen LogP contribution in [0, 0.1) is 3.57 Å². The Morgan fingerprint density at radius 2 is 1.00 bits per heavy atom. The second-order valence-electron chi connectivity index (χ2n) is 5.12. The van der Waals surface area contributed by atoms with Crippen molar-refractivity contribution in [1.82, 2.24) is 0 Å². The van der Waals surface area contributed by atoms with Crippen molar-refractivity contribution in [1.29, 1.82) is 0 Å². The van der Waals surface area contributed by atoms with Gasteiger partial charge in [-0.25, -0.2) is 0 Å². The zero-order chi connectivity index (χ0) is 14.2. The van der Waals surface area contributed by atoms with Gasteiger partial charge in [-0.15, -0.1) is 0 Å². The van der Waals surface area contributed by atoms with E-state index in [0.717, 1.165) is 0 Å². The van der Waals surface area contributed by atoms with Gasteiger partial charge in [-0.3, -0.25) is 0 Å². The van der Waals surface area contributed by atoms with E-state index in [1.807, 2.05) is 18.2 Å². The van der Waals surface area contributed by atoms with Crippen molar-refractivity contribution < 1.29 is 0 Å². The molecule has 1 rings (SSSR count). The van der Waals surface area contributed by atoms with E-state index in [0.29, 0.717) is 0 Å². The molecule has 0 saturated heterocycles. The van der Waals surface area contributed by atoms with E-state index in [4.69, 9.17) is 0 Å². The first-order valence-corrected chi connectivity index (χ1v) is 9.09. The van der Waals surface area contributed by atoms with Crippen molar-refractivity contribution in [3.8, 4) is 0 Å². The van der Waals surface area contributed by atoms with Crippen LogP contribution in [0.1, 0.15) is 78.1 Å². The molecule has 0 fully saturated rings. The molecule has 1 heteroatoms. The fourth-order valence-corrected chi connectivity index (χ4v) is 2.39. The summed E-state index contributed by atoms with van der Waals surface area (Å²) >= 11 is 2.28. The molecule has 0 radical (unpaired) electrons. The third-order valence-corrected chi connectivity index (χ3v) is 3.91. The molecule has 0 aliphatic rings. The van der Waals surface area contributed by atoms with E-state index >= 15 is 0 Å². The van der Waals surface area contributed by atoms with Crippen molar-refractivity contribution in [3.63, 3.8) is 0 Å². The lowest BCUT2D eigenvalue weighted by Gasteiger charge is -1.99. The average molecular weight is 374 g/mol. The molecule has 0 aromatic heterocycles. The fraction of sp³-hybridized carbons (Fsp3) is 0.667. The monoisotopic (exact) mass is 374 g/mol. The second kappa shape index (κ2) is 16.0. The highest BCUT2D eigenvalue weighted by Crippen LogP contribution is 2.09. The summed E-state index contributed by atoms with van der Waals surface area (Å²) in [5.74, 6) is 0. The fourth-order valence-electron chi connectivity index (χ4n) is 1.98. The number of benzene rings is 1. The molecule has 0 bridgehead atoms. The zero-order valence-electron chi connectivity index (χ0n) is 12.8. The Labute approximate surface area is 134 Å². The predicted octanol–water partition coefficient (Wildman–Crippen LogP) is 7.22. The van der Waals surface area contributed by atoms with Crippen LogP contribution in [0.5, 0.6) is 0 Å². The van der Waals surface area contributed by atoms with Crippen LogP contribution in [0.15, 0.2) is 30.3 Å². The van der Waals surface area contributed by atoms with E-state index < -0.39 is 0 Å². The van der Waals surface area contributed by atoms with Gasteiger partial charge in [0.1, 0.15) is 0 Å². The Balaban J connectivity index is 0.000000388. The van der Waals surface area contributed by atoms with Crippen molar-refractivity contribution >= 4 is 22.6 Å². The lowest BCUT2D eigenvalue weighted by Crippen LogP contribution is -1.80. The van der Waals surface area contributed by atoms with Gasteiger partial charge < -0.3 is 0 Å². The van der Waals surface area contributed by atoms with Crippen LogP contribution in [0.4, 0.5) is 0 Å².